The summed E-state index contributed by atoms with van der Waals surface area (Å²) in [5, 5.41) is 3.11. The average Bonchev–Trinajstić information content (AvgIpc) is 3.03. The molecule has 1 saturated heterocycles. The number of ether oxygens (including phenoxy) is 2. The summed E-state index contributed by atoms with van der Waals surface area (Å²) in [6.07, 6.45) is 2.76. The Hall–Kier alpha value is -3.00. The van der Waals surface area contributed by atoms with Gasteiger partial charge in [0.15, 0.2) is 17.5 Å². The Bertz CT molecular complexity index is 862. The van der Waals surface area contributed by atoms with Crippen LogP contribution in [0.4, 0.5) is 11.5 Å². The van der Waals surface area contributed by atoms with Crippen LogP contribution < -0.4 is 25.4 Å². The summed E-state index contributed by atoms with van der Waals surface area (Å²) in [5.41, 5.74) is 7.91. The van der Waals surface area contributed by atoms with E-state index in [9.17, 15) is 0 Å². The highest BCUT2D eigenvalue weighted by Gasteiger charge is 2.16. The van der Waals surface area contributed by atoms with E-state index >= 15 is 0 Å². The Kier molecular flexibility index (Phi) is 6.53. The molecule has 2 aliphatic rings. The molecule has 1 aromatic carbocycles. The number of piperazine rings is 1. The van der Waals surface area contributed by atoms with Crippen molar-refractivity contribution < 1.29 is 9.47 Å². The Labute approximate surface area is 177 Å². The molecule has 0 saturated carbocycles. The number of likely N-dealkylation sites (N-methyl/N-ethyl adjacent to an activating group) is 1. The largest absolute Gasteiger partial charge is 0.490 e. The minimum absolute atomic E-state index is 0.351. The summed E-state index contributed by atoms with van der Waals surface area (Å²) in [6.45, 7) is 9.33. The second kappa shape index (κ2) is 9.67. The quantitative estimate of drug-likeness (QED) is 0.578. The second-order valence-corrected chi connectivity index (χ2v) is 7.48. The van der Waals surface area contributed by atoms with Crippen molar-refractivity contribution in [3.8, 4) is 11.5 Å². The van der Waals surface area contributed by atoms with E-state index in [2.05, 4.69) is 44.1 Å². The van der Waals surface area contributed by atoms with Gasteiger partial charge < -0.3 is 30.3 Å². The first-order chi connectivity index (χ1) is 14.7. The highest BCUT2D eigenvalue weighted by atomic mass is 16.5. The van der Waals surface area contributed by atoms with Crippen LogP contribution in [0.15, 0.2) is 41.5 Å². The van der Waals surface area contributed by atoms with Crippen molar-refractivity contribution in [2.24, 2.45) is 10.7 Å². The van der Waals surface area contributed by atoms with Gasteiger partial charge in [0.25, 0.3) is 0 Å². The third-order valence-electron chi connectivity index (χ3n) is 5.40. The molecule has 1 fully saturated rings. The lowest BCUT2D eigenvalue weighted by Gasteiger charge is -2.34. The monoisotopic (exact) mass is 410 g/mol. The van der Waals surface area contributed by atoms with Crippen LogP contribution in [0.25, 0.3) is 0 Å². The van der Waals surface area contributed by atoms with E-state index in [1.54, 1.807) is 0 Å². The molecule has 2 aliphatic heterocycles. The van der Waals surface area contributed by atoms with Crippen molar-refractivity contribution >= 4 is 17.5 Å². The first-order valence-corrected chi connectivity index (χ1v) is 10.6. The number of rotatable bonds is 5. The van der Waals surface area contributed by atoms with Crippen LogP contribution >= 0.6 is 0 Å². The van der Waals surface area contributed by atoms with Crippen LogP contribution in [0.2, 0.25) is 0 Å². The van der Waals surface area contributed by atoms with E-state index in [1.165, 1.54) is 0 Å². The molecule has 160 valence electrons. The van der Waals surface area contributed by atoms with Crippen molar-refractivity contribution in [2.75, 3.05) is 56.2 Å². The molecule has 1 aromatic heterocycles. The first-order valence-electron chi connectivity index (χ1n) is 10.6. The minimum Gasteiger partial charge on any atom is -0.490 e. The highest BCUT2D eigenvalue weighted by molar-refractivity contribution is 5.92. The van der Waals surface area contributed by atoms with E-state index in [-0.39, 0.29) is 0 Å². The number of aromatic nitrogens is 1. The van der Waals surface area contributed by atoms with E-state index < -0.39 is 0 Å². The molecule has 3 heterocycles. The molecular formula is C22H30N6O2. The van der Waals surface area contributed by atoms with E-state index in [0.717, 1.165) is 67.7 Å². The number of nitrogens with zero attached hydrogens (tertiary/aromatic N) is 4. The van der Waals surface area contributed by atoms with Gasteiger partial charge in [0.2, 0.25) is 0 Å². The van der Waals surface area contributed by atoms with Gasteiger partial charge in [-0.1, -0.05) is 13.0 Å². The fraction of sp³-hybridized carbons (Fsp3) is 0.455. The van der Waals surface area contributed by atoms with Gasteiger partial charge in [-0.3, -0.25) is 0 Å². The van der Waals surface area contributed by atoms with Crippen molar-refractivity contribution in [3.05, 3.63) is 42.1 Å². The molecule has 8 nitrogen and oxygen atoms in total. The highest BCUT2D eigenvalue weighted by Crippen LogP contribution is 2.32. The maximum absolute atomic E-state index is 6.07. The van der Waals surface area contributed by atoms with E-state index in [1.807, 2.05) is 24.4 Å². The summed E-state index contributed by atoms with van der Waals surface area (Å²) >= 11 is 0. The topological polar surface area (TPSA) is 88.2 Å². The second-order valence-electron chi connectivity index (χ2n) is 7.48. The summed E-state index contributed by atoms with van der Waals surface area (Å²) in [4.78, 5) is 13.8. The number of aliphatic imine (C=N–C) groups is 1. The lowest BCUT2D eigenvalue weighted by molar-refractivity contribution is 0.270. The smallest absolute Gasteiger partial charge is 0.193 e. The number of pyridine rings is 1. The molecule has 0 spiro atoms. The molecule has 0 unspecified atom stereocenters. The van der Waals surface area contributed by atoms with Gasteiger partial charge in [0.1, 0.15) is 5.82 Å². The molecule has 0 atom stereocenters. The van der Waals surface area contributed by atoms with E-state index in [4.69, 9.17) is 15.2 Å². The molecule has 2 aromatic rings. The van der Waals surface area contributed by atoms with Crippen LogP contribution in [-0.2, 0) is 6.54 Å². The number of fused-ring (bicyclic) bond motifs is 1. The fourth-order valence-electron chi connectivity index (χ4n) is 3.60. The standard InChI is InChI=1S/C22H30N6O2/c1-2-27-8-10-28(11-9-27)21-7-4-17(15-24-21)16-25-22(23)26-18-5-6-19-20(14-18)30-13-3-12-29-19/h4-7,14-15H,2-3,8-13,16H2,1H3,(H3,23,25,26). The van der Waals surface area contributed by atoms with Crippen molar-refractivity contribution in [1.29, 1.82) is 0 Å². The molecule has 0 bridgehead atoms. The molecule has 0 amide bonds. The van der Waals surface area contributed by atoms with Crippen molar-refractivity contribution in [2.45, 2.75) is 19.9 Å². The van der Waals surface area contributed by atoms with Crippen molar-refractivity contribution in [1.82, 2.24) is 9.88 Å². The lowest BCUT2D eigenvalue weighted by atomic mass is 10.2. The zero-order chi connectivity index (χ0) is 20.8. The molecule has 0 radical (unpaired) electrons. The van der Waals surface area contributed by atoms with Gasteiger partial charge >= 0.3 is 0 Å². The Morgan fingerprint density at radius 3 is 2.63 bits per heavy atom. The third kappa shape index (κ3) is 5.13. The predicted octanol–water partition coefficient (Wildman–Crippen LogP) is 2.31. The predicted molar refractivity (Wildman–Crippen MR) is 120 cm³/mol. The lowest BCUT2D eigenvalue weighted by Crippen LogP contribution is -2.46. The SMILES string of the molecule is CCN1CCN(c2ccc(CN=C(N)Nc3ccc4c(c3)OCCCO4)cn2)CC1. The Morgan fingerprint density at radius 1 is 1.10 bits per heavy atom. The fourth-order valence-corrected chi connectivity index (χ4v) is 3.60. The molecule has 4 rings (SSSR count). The van der Waals surface area contributed by atoms with Crippen molar-refractivity contribution in [3.63, 3.8) is 0 Å². The molecule has 30 heavy (non-hydrogen) atoms. The molecule has 8 heteroatoms. The summed E-state index contributed by atoms with van der Waals surface area (Å²) in [5.74, 6) is 2.86. The van der Waals surface area contributed by atoms with Gasteiger partial charge in [0.05, 0.1) is 19.8 Å². The van der Waals surface area contributed by atoms with Crippen LogP contribution in [0.5, 0.6) is 11.5 Å². The normalized spacial score (nSPS) is 17.5. The maximum atomic E-state index is 6.07. The Balaban J connectivity index is 1.32. The third-order valence-corrected chi connectivity index (χ3v) is 5.40. The van der Waals surface area contributed by atoms with Gasteiger partial charge in [0, 0.05) is 50.6 Å². The maximum Gasteiger partial charge on any atom is 0.193 e. The Morgan fingerprint density at radius 2 is 1.90 bits per heavy atom. The molecular weight excluding hydrogens is 380 g/mol. The number of anilines is 2. The summed E-state index contributed by atoms with van der Waals surface area (Å²) in [7, 11) is 0. The molecule has 3 N–H and O–H groups in total. The zero-order valence-electron chi connectivity index (χ0n) is 17.5. The average molecular weight is 411 g/mol. The minimum atomic E-state index is 0.351. The van der Waals surface area contributed by atoms with Crippen LogP contribution in [0, 0.1) is 0 Å². The zero-order valence-corrected chi connectivity index (χ0v) is 17.5. The van der Waals surface area contributed by atoms with Crippen LogP contribution in [0.1, 0.15) is 18.9 Å². The number of guanidine groups is 1. The number of nitrogens with one attached hydrogen (secondary N) is 1. The summed E-state index contributed by atoms with van der Waals surface area (Å²) < 4.78 is 11.4. The van der Waals surface area contributed by atoms with Crippen LogP contribution in [-0.4, -0.2) is 61.8 Å². The van der Waals surface area contributed by atoms with Gasteiger partial charge in [-0.25, -0.2) is 9.98 Å². The number of hydrogen-bond acceptors (Lipinski definition) is 6. The first kappa shape index (κ1) is 20.3. The summed E-state index contributed by atoms with van der Waals surface area (Å²) in [6, 6.07) is 9.82. The number of hydrogen-bond donors (Lipinski definition) is 2. The molecule has 0 aliphatic carbocycles. The van der Waals surface area contributed by atoms with Gasteiger partial charge in [-0.2, -0.15) is 0 Å². The van der Waals surface area contributed by atoms with Crippen LogP contribution in [0.3, 0.4) is 0 Å². The van der Waals surface area contributed by atoms with E-state index in [0.29, 0.717) is 25.7 Å². The van der Waals surface area contributed by atoms with Gasteiger partial charge in [-0.15, -0.1) is 0 Å². The number of nitrogens with two attached hydrogens (primary N) is 1. The van der Waals surface area contributed by atoms with Gasteiger partial charge in [-0.05, 0) is 30.3 Å². The number of benzene rings is 1.